The zero-order valence-corrected chi connectivity index (χ0v) is 15.6. The highest BCUT2D eigenvalue weighted by Gasteiger charge is 2.25. The fraction of sp³-hybridized carbons (Fsp3) is 0.400. The first-order valence-electron chi connectivity index (χ1n) is 9.56. The molecule has 0 unspecified atom stereocenters. The number of likely N-dealkylation sites (tertiary alicyclic amines) is 1. The van der Waals surface area contributed by atoms with E-state index in [9.17, 15) is 4.79 Å². The van der Waals surface area contributed by atoms with Crippen LogP contribution in [0.25, 0.3) is 11.4 Å². The molecule has 1 saturated heterocycles. The number of hydrogen-bond donors (Lipinski definition) is 0. The molecule has 1 atom stereocenters. The molecule has 3 aromatic heterocycles. The molecule has 3 aromatic rings. The molecular weight excluding hydrogens is 356 g/mol. The standard InChI is InChI=1S/C20H22N6O2/c27-19(26-11-3-5-16(13-26)17-8-10-22-14-23-17)7-1-6-18-24-20(25-28-18)15-4-2-9-21-12-15/h2,4,8-10,12,14,16H,1,3,5-7,11,13H2/t16-/m0/s1. The van der Waals surface area contributed by atoms with E-state index in [2.05, 4.69) is 25.1 Å². The van der Waals surface area contributed by atoms with Crippen LogP contribution in [0.4, 0.5) is 0 Å². The summed E-state index contributed by atoms with van der Waals surface area (Å²) < 4.78 is 5.29. The maximum absolute atomic E-state index is 12.6. The number of carbonyl (C=O) groups excluding carboxylic acids is 1. The van der Waals surface area contributed by atoms with Crippen molar-refractivity contribution in [3.05, 3.63) is 54.7 Å². The van der Waals surface area contributed by atoms with Crippen LogP contribution in [0.2, 0.25) is 0 Å². The van der Waals surface area contributed by atoms with Gasteiger partial charge in [0.05, 0.1) is 0 Å². The Morgan fingerprint density at radius 3 is 3.04 bits per heavy atom. The van der Waals surface area contributed by atoms with Crippen LogP contribution in [0.15, 0.2) is 47.6 Å². The van der Waals surface area contributed by atoms with E-state index in [0.717, 1.165) is 37.2 Å². The molecule has 0 saturated carbocycles. The van der Waals surface area contributed by atoms with Gasteiger partial charge in [-0.15, -0.1) is 0 Å². The molecule has 4 rings (SSSR count). The molecule has 8 nitrogen and oxygen atoms in total. The minimum Gasteiger partial charge on any atom is -0.342 e. The Morgan fingerprint density at radius 1 is 1.25 bits per heavy atom. The second-order valence-corrected chi connectivity index (χ2v) is 6.92. The lowest BCUT2D eigenvalue weighted by Gasteiger charge is -2.32. The molecule has 1 aliphatic rings. The zero-order chi connectivity index (χ0) is 19.2. The molecule has 0 spiro atoms. The summed E-state index contributed by atoms with van der Waals surface area (Å²) in [4.78, 5) is 31.3. The molecule has 1 aliphatic heterocycles. The summed E-state index contributed by atoms with van der Waals surface area (Å²) in [5.74, 6) is 1.53. The van der Waals surface area contributed by atoms with Gasteiger partial charge in [0.25, 0.3) is 0 Å². The highest BCUT2D eigenvalue weighted by Crippen LogP contribution is 2.25. The van der Waals surface area contributed by atoms with Crippen molar-refractivity contribution in [2.24, 2.45) is 0 Å². The summed E-state index contributed by atoms with van der Waals surface area (Å²) in [6, 6.07) is 5.65. The van der Waals surface area contributed by atoms with E-state index in [0.29, 0.717) is 36.9 Å². The Hall–Kier alpha value is -3.16. The summed E-state index contributed by atoms with van der Waals surface area (Å²) in [6.45, 7) is 1.54. The number of pyridine rings is 1. The fourth-order valence-corrected chi connectivity index (χ4v) is 3.51. The van der Waals surface area contributed by atoms with Crippen LogP contribution in [-0.4, -0.2) is 49.0 Å². The molecule has 8 heteroatoms. The van der Waals surface area contributed by atoms with Gasteiger partial charge in [-0.1, -0.05) is 5.16 Å². The van der Waals surface area contributed by atoms with E-state index in [1.54, 1.807) is 24.9 Å². The normalized spacial score (nSPS) is 16.9. The van der Waals surface area contributed by atoms with Gasteiger partial charge in [0.1, 0.15) is 6.33 Å². The first-order chi connectivity index (χ1) is 13.8. The molecule has 4 heterocycles. The molecule has 0 radical (unpaired) electrons. The lowest BCUT2D eigenvalue weighted by Crippen LogP contribution is -2.39. The van der Waals surface area contributed by atoms with Crippen molar-refractivity contribution in [3.8, 4) is 11.4 Å². The van der Waals surface area contributed by atoms with Crippen LogP contribution >= 0.6 is 0 Å². The lowest BCUT2D eigenvalue weighted by molar-refractivity contribution is -0.132. The minimum atomic E-state index is 0.172. The van der Waals surface area contributed by atoms with Gasteiger partial charge in [-0.3, -0.25) is 9.78 Å². The molecule has 28 heavy (non-hydrogen) atoms. The van der Waals surface area contributed by atoms with Gasteiger partial charge in [0.15, 0.2) is 0 Å². The molecule has 1 amide bonds. The third-order valence-corrected chi connectivity index (χ3v) is 4.97. The number of aryl methyl sites for hydroxylation is 1. The van der Waals surface area contributed by atoms with Gasteiger partial charge in [0, 0.05) is 61.7 Å². The second kappa shape index (κ2) is 8.69. The second-order valence-electron chi connectivity index (χ2n) is 6.92. The van der Waals surface area contributed by atoms with Crippen molar-refractivity contribution < 1.29 is 9.32 Å². The number of hydrogen-bond acceptors (Lipinski definition) is 7. The Bertz CT molecular complexity index is 899. The summed E-state index contributed by atoms with van der Waals surface area (Å²) in [7, 11) is 0. The molecule has 1 fully saturated rings. The van der Waals surface area contributed by atoms with Gasteiger partial charge in [-0.05, 0) is 37.5 Å². The van der Waals surface area contributed by atoms with Crippen LogP contribution in [0.5, 0.6) is 0 Å². The molecule has 0 N–H and O–H groups in total. The number of nitrogens with zero attached hydrogens (tertiary/aromatic N) is 6. The molecule has 0 aromatic carbocycles. The predicted octanol–water partition coefficient (Wildman–Crippen LogP) is 2.65. The number of piperidine rings is 1. The van der Waals surface area contributed by atoms with Gasteiger partial charge in [-0.2, -0.15) is 4.98 Å². The Labute approximate surface area is 163 Å². The van der Waals surface area contributed by atoms with Crippen molar-refractivity contribution in [1.82, 2.24) is 30.0 Å². The summed E-state index contributed by atoms with van der Waals surface area (Å²) >= 11 is 0. The zero-order valence-electron chi connectivity index (χ0n) is 15.6. The number of rotatable bonds is 6. The molecular formula is C20H22N6O2. The van der Waals surface area contributed by atoms with Crippen molar-refractivity contribution in [2.45, 2.75) is 38.0 Å². The summed E-state index contributed by atoms with van der Waals surface area (Å²) in [5, 5.41) is 3.98. The van der Waals surface area contributed by atoms with E-state index < -0.39 is 0 Å². The fourth-order valence-electron chi connectivity index (χ4n) is 3.51. The van der Waals surface area contributed by atoms with Crippen molar-refractivity contribution in [1.29, 1.82) is 0 Å². The Morgan fingerprint density at radius 2 is 2.21 bits per heavy atom. The topological polar surface area (TPSA) is 97.9 Å². The van der Waals surface area contributed by atoms with E-state index in [-0.39, 0.29) is 5.91 Å². The van der Waals surface area contributed by atoms with Crippen molar-refractivity contribution in [2.75, 3.05) is 13.1 Å². The third-order valence-electron chi connectivity index (χ3n) is 4.97. The SMILES string of the molecule is O=C(CCCc1nc(-c2cccnc2)no1)N1CCC[C@H](c2ccncn2)C1. The summed E-state index contributed by atoms with van der Waals surface area (Å²) in [6.07, 6.45) is 10.5. The maximum atomic E-state index is 12.6. The van der Waals surface area contributed by atoms with Crippen LogP contribution in [0.1, 0.15) is 43.2 Å². The van der Waals surface area contributed by atoms with Crippen LogP contribution in [-0.2, 0) is 11.2 Å². The van der Waals surface area contributed by atoms with Gasteiger partial charge < -0.3 is 9.42 Å². The maximum Gasteiger partial charge on any atom is 0.226 e. The van der Waals surface area contributed by atoms with Gasteiger partial charge in [-0.25, -0.2) is 9.97 Å². The van der Waals surface area contributed by atoms with Gasteiger partial charge in [0.2, 0.25) is 17.6 Å². The molecule has 144 valence electrons. The lowest BCUT2D eigenvalue weighted by atomic mass is 9.94. The van der Waals surface area contributed by atoms with Crippen molar-refractivity contribution >= 4 is 5.91 Å². The first kappa shape index (κ1) is 18.2. The highest BCUT2D eigenvalue weighted by molar-refractivity contribution is 5.76. The van der Waals surface area contributed by atoms with Crippen LogP contribution in [0, 0.1) is 0 Å². The minimum absolute atomic E-state index is 0.172. The number of carbonyl (C=O) groups is 1. The number of amides is 1. The van der Waals surface area contributed by atoms with E-state index in [1.807, 2.05) is 23.1 Å². The quantitative estimate of drug-likeness (QED) is 0.650. The van der Waals surface area contributed by atoms with E-state index >= 15 is 0 Å². The average molecular weight is 378 g/mol. The number of aromatic nitrogens is 5. The Balaban J connectivity index is 1.27. The molecule has 0 bridgehead atoms. The Kier molecular flexibility index (Phi) is 5.65. The smallest absolute Gasteiger partial charge is 0.226 e. The average Bonchev–Trinajstić information content (AvgIpc) is 3.24. The van der Waals surface area contributed by atoms with Crippen LogP contribution in [0.3, 0.4) is 0 Å². The van der Waals surface area contributed by atoms with Gasteiger partial charge >= 0.3 is 0 Å². The summed E-state index contributed by atoms with van der Waals surface area (Å²) in [5.41, 5.74) is 1.83. The highest BCUT2D eigenvalue weighted by atomic mass is 16.5. The monoisotopic (exact) mass is 378 g/mol. The van der Waals surface area contributed by atoms with E-state index in [1.165, 1.54) is 0 Å². The third kappa shape index (κ3) is 4.39. The van der Waals surface area contributed by atoms with Crippen molar-refractivity contribution in [3.63, 3.8) is 0 Å². The predicted molar refractivity (Wildman–Crippen MR) is 101 cm³/mol. The molecule has 0 aliphatic carbocycles. The first-order valence-corrected chi connectivity index (χ1v) is 9.56. The van der Waals surface area contributed by atoms with E-state index in [4.69, 9.17) is 4.52 Å². The van der Waals surface area contributed by atoms with Crippen LogP contribution < -0.4 is 0 Å². The largest absolute Gasteiger partial charge is 0.342 e.